The topological polar surface area (TPSA) is 75.7 Å². The van der Waals surface area contributed by atoms with Gasteiger partial charge in [-0.05, 0) is 12.1 Å². The molecule has 0 fully saturated rings. The Hall–Kier alpha value is -0.195. The van der Waals surface area contributed by atoms with E-state index in [1.165, 1.54) is 0 Å². The molecule has 4 nitrogen and oxygen atoms in total. The molecule has 0 radical (unpaired) electrons. The molecule has 0 spiro atoms. The number of nitrogen functional groups attached to an aromatic ring is 1. The van der Waals surface area contributed by atoms with E-state index in [2.05, 4.69) is 4.65 Å². The van der Waals surface area contributed by atoms with Crippen molar-refractivity contribution in [2.24, 2.45) is 0 Å². The Morgan fingerprint density at radius 3 is 2.33 bits per heavy atom. The van der Waals surface area contributed by atoms with Crippen LogP contribution < -0.4 is 10.4 Å². The first-order valence-electron chi connectivity index (χ1n) is 3.07. The predicted octanol–water partition coefficient (Wildman–Crippen LogP) is -1.03. The van der Waals surface area contributed by atoms with Crippen LogP contribution in [0.5, 0.6) is 5.75 Å². The third-order valence-corrected chi connectivity index (χ3v) is 1.15. The third-order valence-electron chi connectivity index (χ3n) is 1.15. The number of rotatable bonds is 2. The molecule has 0 aromatic heterocycles. The van der Waals surface area contributed by atoms with Gasteiger partial charge in [0.05, 0.1) is 5.69 Å². The maximum atomic E-state index is 8.41. The molecule has 0 bridgehead atoms. The zero-order valence-electron chi connectivity index (χ0n) is 5.77. The molecule has 0 heterocycles. The fourth-order valence-electron chi connectivity index (χ4n) is 0.701. The molecule has 0 aliphatic carbocycles. The van der Waals surface area contributed by atoms with Gasteiger partial charge in [0.25, 0.3) is 0 Å². The minimum absolute atomic E-state index is 0. The molecule has 12 heavy (non-hydrogen) atoms. The van der Waals surface area contributed by atoms with Crippen LogP contribution >= 0.6 is 0 Å². The van der Waals surface area contributed by atoms with Crippen LogP contribution in [0.2, 0.25) is 0 Å². The Balaban J connectivity index is 0.00000121. The van der Waals surface area contributed by atoms with Crippen molar-refractivity contribution in [2.75, 3.05) is 5.73 Å². The van der Waals surface area contributed by atoms with Crippen molar-refractivity contribution in [1.82, 2.24) is 0 Å². The summed E-state index contributed by atoms with van der Waals surface area (Å²) in [6.45, 7) is 0. The van der Waals surface area contributed by atoms with E-state index in [4.69, 9.17) is 15.8 Å². The molecule has 0 aliphatic rings. The Morgan fingerprint density at radius 2 is 1.83 bits per heavy atom. The van der Waals surface area contributed by atoms with E-state index >= 15 is 0 Å². The molecule has 0 atom stereocenters. The summed E-state index contributed by atoms with van der Waals surface area (Å²) < 4.78 is 4.53. The van der Waals surface area contributed by atoms with E-state index in [1.54, 1.807) is 24.3 Å². The summed E-state index contributed by atoms with van der Waals surface area (Å²) >= 11 is 0. The molecule has 0 amide bonds. The molecule has 1 aromatic carbocycles. The van der Waals surface area contributed by atoms with Crippen LogP contribution in [0.3, 0.4) is 0 Å². The van der Waals surface area contributed by atoms with Gasteiger partial charge in [-0.2, -0.15) is 0 Å². The number of hydrogen-bond donors (Lipinski definition) is 3. The summed E-state index contributed by atoms with van der Waals surface area (Å²) in [5, 5.41) is 16.8. The van der Waals surface area contributed by atoms with Crippen LogP contribution in [0.25, 0.3) is 0 Å². The van der Waals surface area contributed by atoms with Crippen LogP contribution in [0.1, 0.15) is 0 Å². The first-order chi connectivity index (χ1) is 5.20. The van der Waals surface area contributed by atoms with Gasteiger partial charge in [0.2, 0.25) is 0 Å². The number of hydrogen-bond acceptors (Lipinski definition) is 4. The fourth-order valence-corrected chi connectivity index (χ4v) is 0.701. The van der Waals surface area contributed by atoms with Crippen molar-refractivity contribution in [2.45, 2.75) is 0 Å². The minimum atomic E-state index is -1.82. The quantitative estimate of drug-likeness (QED) is 0.398. The molecule has 4 N–H and O–H groups in total. The summed E-state index contributed by atoms with van der Waals surface area (Å²) in [4.78, 5) is 0. The van der Waals surface area contributed by atoms with Gasteiger partial charge in [-0.15, -0.1) is 0 Å². The monoisotopic (exact) mass is 177 g/mol. The normalized spacial score (nSPS) is 8.50. The SMILES string of the molecule is Nc1ccccc1OB(O)O.[NaH]. The van der Waals surface area contributed by atoms with E-state index in [1.807, 2.05) is 0 Å². The zero-order chi connectivity index (χ0) is 8.27. The maximum absolute atomic E-state index is 8.41. The van der Waals surface area contributed by atoms with E-state index < -0.39 is 7.32 Å². The van der Waals surface area contributed by atoms with Crippen LogP contribution in [0.4, 0.5) is 5.69 Å². The number of para-hydroxylation sites is 2. The second-order valence-electron chi connectivity index (χ2n) is 1.98. The predicted molar refractivity (Wildman–Crippen MR) is 48.8 cm³/mol. The van der Waals surface area contributed by atoms with Gasteiger partial charge in [0, 0.05) is 0 Å². The van der Waals surface area contributed by atoms with E-state index in [0.717, 1.165) is 0 Å². The van der Waals surface area contributed by atoms with Crippen LogP contribution in [0, 0.1) is 0 Å². The summed E-state index contributed by atoms with van der Waals surface area (Å²) in [6.07, 6.45) is 0. The van der Waals surface area contributed by atoms with Gasteiger partial charge in [-0.25, -0.2) is 0 Å². The first kappa shape index (κ1) is 11.8. The summed E-state index contributed by atoms with van der Waals surface area (Å²) in [6, 6.07) is 6.58. The van der Waals surface area contributed by atoms with Crippen LogP contribution in [-0.4, -0.2) is 46.9 Å². The van der Waals surface area contributed by atoms with E-state index in [-0.39, 0.29) is 35.3 Å². The van der Waals surface area contributed by atoms with Gasteiger partial charge in [-0.1, -0.05) is 12.1 Å². The summed E-state index contributed by atoms with van der Waals surface area (Å²) in [5.41, 5.74) is 5.80. The molecule has 1 aromatic rings. The molecule has 60 valence electrons. The van der Waals surface area contributed by atoms with Crippen molar-refractivity contribution in [3.8, 4) is 5.75 Å². The van der Waals surface area contributed by atoms with Crippen LogP contribution in [0.15, 0.2) is 24.3 Å². The average Bonchev–Trinajstić information content (AvgIpc) is 1.93. The molecule has 6 heteroatoms. The fraction of sp³-hybridized carbons (Fsp3) is 0. The van der Waals surface area contributed by atoms with Crippen LogP contribution in [-0.2, 0) is 0 Å². The van der Waals surface area contributed by atoms with Crippen molar-refractivity contribution in [3.05, 3.63) is 24.3 Å². The van der Waals surface area contributed by atoms with Gasteiger partial charge in [0.15, 0.2) is 0 Å². The second kappa shape index (κ2) is 5.45. The van der Waals surface area contributed by atoms with E-state index in [0.29, 0.717) is 5.69 Å². The van der Waals surface area contributed by atoms with Crippen molar-refractivity contribution in [1.29, 1.82) is 0 Å². The summed E-state index contributed by atoms with van der Waals surface area (Å²) in [7, 11) is -1.82. The Morgan fingerprint density at radius 1 is 1.25 bits per heavy atom. The van der Waals surface area contributed by atoms with Gasteiger partial charge in [0.1, 0.15) is 5.75 Å². The van der Waals surface area contributed by atoms with Crippen molar-refractivity contribution < 1.29 is 14.7 Å². The number of nitrogens with two attached hydrogens (primary N) is 1. The molecule has 0 saturated heterocycles. The van der Waals surface area contributed by atoms with Crippen molar-refractivity contribution in [3.63, 3.8) is 0 Å². The molecular formula is C6H9BNNaO3. The molecular weight excluding hydrogens is 168 g/mol. The molecule has 1 rings (SSSR count). The third kappa shape index (κ3) is 3.47. The number of benzene rings is 1. The first-order valence-corrected chi connectivity index (χ1v) is 3.07. The molecule has 0 saturated carbocycles. The van der Waals surface area contributed by atoms with Crippen molar-refractivity contribution >= 4 is 42.6 Å². The Labute approximate surface area is 92.8 Å². The Kier molecular flexibility index (Phi) is 5.36. The van der Waals surface area contributed by atoms with Gasteiger partial charge in [-0.3, -0.25) is 0 Å². The molecule has 0 unspecified atom stereocenters. The Bertz CT molecular complexity index is 246. The van der Waals surface area contributed by atoms with Gasteiger partial charge < -0.3 is 20.4 Å². The van der Waals surface area contributed by atoms with E-state index in [9.17, 15) is 0 Å². The summed E-state index contributed by atoms with van der Waals surface area (Å²) in [5.74, 6) is 0.266. The second-order valence-corrected chi connectivity index (χ2v) is 1.98. The average molecular weight is 177 g/mol. The van der Waals surface area contributed by atoms with Gasteiger partial charge >= 0.3 is 36.9 Å². The standard InChI is InChI=1S/C6H8BNO3.Na.H/c8-5-3-1-2-4-6(5)11-7(9)10;;/h1-4,9-10H,8H2;;. The molecule has 0 aliphatic heterocycles. The number of anilines is 1. The zero-order valence-corrected chi connectivity index (χ0v) is 5.77.